The molecule has 0 heterocycles. The highest BCUT2D eigenvalue weighted by Gasteiger charge is 2.09. The van der Waals surface area contributed by atoms with E-state index in [0.29, 0.717) is 53.5 Å². The molecule has 0 spiro atoms. The van der Waals surface area contributed by atoms with Gasteiger partial charge in [-0.1, -0.05) is 59.0 Å². The smallest absolute Gasteiger partial charge is 0.310 e. The number of hydrogen-bond donors (Lipinski definition) is 0. The van der Waals surface area contributed by atoms with Crippen LogP contribution in [0.1, 0.15) is 36.1 Å². The number of halogens is 2. The minimum atomic E-state index is -0.317. The molecule has 226 valence electrons. The minimum Gasteiger partial charge on any atom is -0.489 e. The van der Waals surface area contributed by atoms with Crippen molar-refractivity contribution in [3.05, 3.63) is 117 Å². The van der Waals surface area contributed by atoms with Crippen LogP contribution in [-0.2, 0) is 31.9 Å². The van der Waals surface area contributed by atoms with E-state index in [1.165, 1.54) is 0 Å². The Hall–Kier alpha value is -4.62. The normalized spacial score (nSPS) is 10.5. The van der Waals surface area contributed by atoms with Gasteiger partial charge in [-0.25, -0.2) is 0 Å². The Kier molecular flexibility index (Phi) is 14.5. The second kappa shape index (κ2) is 18.8. The Morgan fingerprint density at radius 3 is 1.86 bits per heavy atom. The highest BCUT2D eigenvalue weighted by Crippen LogP contribution is 2.26. The molecule has 0 bridgehead atoms. The summed E-state index contributed by atoms with van der Waals surface area (Å²) < 4.78 is 21.2. The number of benzene rings is 3. The number of allylic oxidation sites excluding steroid dienone is 2. The number of esters is 2. The molecule has 3 rings (SSSR count). The SMILES string of the molecule is CCOC(=O)Cc1ccc(OC/C=C/C#Cc2ccc(C#C/C=C/COc3ccc(CC(=O)OCC)c(Cl)c3)cc2)c(Cl)c1. The lowest BCUT2D eigenvalue weighted by molar-refractivity contribution is -0.143. The summed E-state index contributed by atoms with van der Waals surface area (Å²) in [7, 11) is 0. The monoisotopic (exact) mass is 630 g/mol. The zero-order valence-electron chi connectivity index (χ0n) is 24.5. The van der Waals surface area contributed by atoms with Crippen molar-refractivity contribution in [2.45, 2.75) is 26.7 Å². The molecule has 0 atom stereocenters. The van der Waals surface area contributed by atoms with Gasteiger partial charge in [0.15, 0.2) is 0 Å². The van der Waals surface area contributed by atoms with Crippen molar-refractivity contribution in [3.63, 3.8) is 0 Å². The first kappa shape index (κ1) is 33.9. The standard InChI is InChI=1S/C36H32Cl2O6/c1-3-41-35(39)24-29-17-20-34(33(38)23-29)44-22-10-6-8-12-28-15-13-27(14-16-28)11-7-5-9-21-43-31-19-18-30(32(37)26-31)25-36(40)42-4-2/h5-6,9-10,13-20,23,26H,3-4,21-22,24-25H2,1-2H3/b9-5+,10-6+. The number of ether oxygens (including phenoxy) is 4. The topological polar surface area (TPSA) is 71.1 Å². The molecule has 0 radical (unpaired) electrons. The molecular weight excluding hydrogens is 599 g/mol. The molecule has 0 fully saturated rings. The van der Waals surface area contributed by atoms with Crippen LogP contribution in [0.15, 0.2) is 85.0 Å². The van der Waals surface area contributed by atoms with Crippen LogP contribution in [0.3, 0.4) is 0 Å². The van der Waals surface area contributed by atoms with Crippen LogP contribution >= 0.6 is 23.2 Å². The van der Waals surface area contributed by atoms with Crippen molar-refractivity contribution in [1.82, 2.24) is 0 Å². The van der Waals surface area contributed by atoms with Crippen molar-refractivity contribution in [2.75, 3.05) is 26.4 Å². The van der Waals surface area contributed by atoms with Gasteiger partial charge in [-0.3, -0.25) is 9.59 Å². The Morgan fingerprint density at radius 1 is 0.705 bits per heavy atom. The van der Waals surface area contributed by atoms with Crippen LogP contribution in [0.4, 0.5) is 0 Å². The number of hydrogen-bond acceptors (Lipinski definition) is 6. The van der Waals surface area contributed by atoms with E-state index < -0.39 is 0 Å². The molecule has 3 aromatic rings. The first-order valence-electron chi connectivity index (χ1n) is 13.9. The summed E-state index contributed by atoms with van der Waals surface area (Å²) in [5.41, 5.74) is 3.17. The molecule has 0 aromatic heterocycles. The maximum absolute atomic E-state index is 11.6. The lowest BCUT2D eigenvalue weighted by Gasteiger charge is -2.07. The van der Waals surface area contributed by atoms with E-state index in [-0.39, 0.29) is 24.8 Å². The van der Waals surface area contributed by atoms with Crippen LogP contribution in [0.2, 0.25) is 10.0 Å². The molecule has 0 saturated carbocycles. The molecule has 0 saturated heterocycles. The van der Waals surface area contributed by atoms with Crippen LogP contribution in [0, 0.1) is 23.7 Å². The van der Waals surface area contributed by atoms with Gasteiger partial charge < -0.3 is 18.9 Å². The predicted molar refractivity (Wildman–Crippen MR) is 173 cm³/mol. The molecular formula is C36H32Cl2O6. The third-order valence-electron chi connectivity index (χ3n) is 5.72. The van der Waals surface area contributed by atoms with E-state index >= 15 is 0 Å². The quantitative estimate of drug-likeness (QED) is 0.156. The third kappa shape index (κ3) is 12.3. The summed E-state index contributed by atoms with van der Waals surface area (Å²) in [5, 5.41) is 0.884. The Morgan fingerprint density at radius 2 is 1.30 bits per heavy atom. The Labute approximate surface area is 268 Å². The lowest BCUT2D eigenvalue weighted by atomic mass is 10.1. The van der Waals surface area contributed by atoms with Gasteiger partial charge in [0.1, 0.15) is 24.7 Å². The largest absolute Gasteiger partial charge is 0.489 e. The van der Waals surface area contributed by atoms with Gasteiger partial charge in [0.25, 0.3) is 0 Å². The molecule has 0 amide bonds. The second-order valence-corrected chi connectivity index (χ2v) is 9.84. The van der Waals surface area contributed by atoms with Crippen LogP contribution in [-0.4, -0.2) is 38.4 Å². The highest BCUT2D eigenvalue weighted by molar-refractivity contribution is 6.32. The van der Waals surface area contributed by atoms with Gasteiger partial charge >= 0.3 is 11.9 Å². The first-order valence-corrected chi connectivity index (χ1v) is 14.7. The molecule has 0 aliphatic heterocycles. The molecule has 0 N–H and O–H groups in total. The molecule has 6 nitrogen and oxygen atoms in total. The molecule has 0 aliphatic rings. The van der Waals surface area contributed by atoms with E-state index in [9.17, 15) is 9.59 Å². The molecule has 3 aromatic carbocycles. The van der Waals surface area contributed by atoms with E-state index in [2.05, 4.69) is 23.7 Å². The molecule has 8 heteroatoms. The zero-order chi connectivity index (χ0) is 31.6. The van der Waals surface area contributed by atoms with Crippen molar-refractivity contribution in [3.8, 4) is 35.2 Å². The van der Waals surface area contributed by atoms with Gasteiger partial charge in [-0.2, -0.15) is 0 Å². The summed E-state index contributed by atoms with van der Waals surface area (Å²) in [6, 6.07) is 18.0. The minimum absolute atomic E-state index is 0.123. The Balaban J connectivity index is 1.39. The van der Waals surface area contributed by atoms with E-state index in [1.54, 1.807) is 74.5 Å². The van der Waals surface area contributed by atoms with E-state index in [4.69, 9.17) is 42.1 Å². The highest BCUT2D eigenvalue weighted by atomic mass is 35.5. The average molecular weight is 632 g/mol. The summed E-state index contributed by atoms with van der Waals surface area (Å²) in [6.45, 7) is 4.83. The summed E-state index contributed by atoms with van der Waals surface area (Å²) in [4.78, 5) is 23.3. The van der Waals surface area contributed by atoms with Crippen molar-refractivity contribution < 1.29 is 28.5 Å². The third-order valence-corrected chi connectivity index (χ3v) is 6.36. The predicted octanol–water partition coefficient (Wildman–Crippen LogP) is 7.18. The number of carbonyl (C=O) groups is 2. The van der Waals surface area contributed by atoms with Crippen molar-refractivity contribution in [1.29, 1.82) is 0 Å². The van der Waals surface area contributed by atoms with Crippen LogP contribution < -0.4 is 9.47 Å². The molecule has 44 heavy (non-hydrogen) atoms. The average Bonchev–Trinajstić information content (AvgIpc) is 3.00. The van der Waals surface area contributed by atoms with Crippen molar-refractivity contribution >= 4 is 35.1 Å². The number of rotatable bonds is 12. The fourth-order valence-corrected chi connectivity index (χ4v) is 4.16. The van der Waals surface area contributed by atoms with Gasteiger partial charge in [0, 0.05) is 16.1 Å². The Bertz CT molecular complexity index is 1600. The van der Waals surface area contributed by atoms with Gasteiger partial charge in [-0.15, -0.1) is 0 Å². The maximum atomic E-state index is 11.6. The van der Waals surface area contributed by atoms with Gasteiger partial charge in [-0.05, 0) is 97.8 Å². The van der Waals surface area contributed by atoms with Crippen LogP contribution in [0.5, 0.6) is 11.5 Å². The van der Waals surface area contributed by atoms with E-state index in [0.717, 1.165) is 16.7 Å². The fraction of sp³-hybridized carbons (Fsp3) is 0.222. The van der Waals surface area contributed by atoms with E-state index in [1.807, 2.05) is 24.3 Å². The molecule has 0 unspecified atom stereocenters. The van der Waals surface area contributed by atoms with Crippen molar-refractivity contribution in [2.24, 2.45) is 0 Å². The second-order valence-electron chi connectivity index (χ2n) is 9.02. The summed E-state index contributed by atoms with van der Waals surface area (Å²) in [5.74, 6) is 12.6. The van der Waals surface area contributed by atoms with Crippen LogP contribution in [0.25, 0.3) is 0 Å². The van der Waals surface area contributed by atoms with Gasteiger partial charge in [0.2, 0.25) is 0 Å². The summed E-state index contributed by atoms with van der Waals surface area (Å²) >= 11 is 12.5. The maximum Gasteiger partial charge on any atom is 0.310 e. The zero-order valence-corrected chi connectivity index (χ0v) is 26.0. The first-order chi connectivity index (χ1) is 21.4. The number of carbonyl (C=O) groups excluding carboxylic acids is 2. The lowest BCUT2D eigenvalue weighted by Crippen LogP contribution is -2.07. The molecule has 0 aliphatic carbocycles. The fourth-order valence-electron chi connectivity index (χ4n) is 3.66. The van der Waals surface area contributed by atoms with Gasteiger partial charge in [0.05, 0.1) is 31.1 Å². The summed E-state index contributed by atoms with van der Waals surface area (Å²) in [6.07, 6.45) is 7.33.